The van der Waals surface area contributed by atoms with E-state index in [9.17, 15) is 9.59 Å². The first-order valence-electron chi connectivity index (χ1n) is 5.67. The Hall–Kier alpha value is -0.750. The quantitative estimate of drug-likeness (QED) is 0.749. The van der Waals surface area contributed by atoms with E-state index in [1.54, 1.807) is 6.20 Å². The van der Waals surface area contributed by atoms with E-state index in [0.717, 1.165) is 29.5 Å². The molecule has 2 unspecified atom stereocenters. The standard InChI is InChI=1S/C11H11BrN2O2S/c12-8-5-13-11(17-8)14-9(15)6-3-1-2-4-7(6)10(14)16/h5-7H,1-4H2. The summed E-state index contributed by atoms with van der Waals surface area (Å²) in [6.45, 7) is 0. The molecule has 2 heterocycles. The van der Waals surface area contributed by atoms with E-state index >= 15 is 0 Å². The topological polar surface area (TPSA) is 50.3 Å². The van der Waals surface area contributed by atoms with Crippen molar-refractivity contribution in [3.05, 3.63) is 9.98 Å². The number of imide groups is 1. The van der Waals surface area contributed by atoms with Crippen molar-refractivity contribution in [1.82, 2.24) is 4.98 Å². The molecule has 1 saturated carbocycles. The summed E-state index contributed by atoms with van der Waals surface area (Å²) >= 11 is 4.63. The maximum Gasteiger partial charge on any atom is 0.239 e. The molecule has 2 fully saturated rings. The molecule has 1 aliphatic heterocycles. The fraction of sp³-hybridized carbons (Fsp3) is 0.545. The van der Waals surface area contributed by atoms with E-state index < -0.39 is 0 Å². The highest BCUT2D eigenvalue weighted by atomic mass is 79.9. The Balaban J connectivity index is 1.95. The summed E-state index contributed by atoms with van der Waals surface area (Å²) in [6.07, 6.45) is 5.42. The molecule has 2 amide bonds. The second-order valence-corrected chi connectivity index (χ2v) is 6.84. The molecule has 0 spiro atoms. The molecule has 0 radical (unpaired) electrons. The molecule has 6 heteroatoms. The average Bonchev–Trinajstić information content (AvgIpc) is 2.84. The molecule has 1 aromatic heterocycles. The Morgan fingerprint density at radius 1 is 1.24 bits per heavy atom. The van der Waals surface area contributed by atoms with Crippen LogP contribution < -0.4 is 4.90 Å². The van der Waals surface area contributed by atoms with E-state index in [-0.39, 0.29) is 23.7 Å². The Morgan fingerprint density at radius 3 is 2.29 bits per heavy atom. The summed E-state index contributed by atoms with van der Waals surface area (Å²) in [5.74, 6) is -0.305. The van der Waals surface area contributed by atoms with Crippen molar-refractivity contribution in [3.63, 3.8) is 0 Å². The van der Waals surface area contributed by atoms with E-state index in [0.29, 0.717) is 5.13 Å². The molecule has 1 aromatic rings. The van der Waals surface area contributed by atoms with E-state index in [4.69, 9.17) is 0 Å². The number of amides is 2. The van der Waals surface area contributed by atoms with Crippen molar-refractivity contribution in [1.29, 1.82) is 0 Å². The lowest BCUT2D eigenvalue weighted by atomic mass is 9.81. The van der Waals surface area contributed by atoms with Crippen molar-refractivity contribution in [2.24, 2.45) is 11.8 Å². The maximum absolute atomic E-state index is 12.2. The van der Waals surface area contributed by atoms with Gasteiger partial charge in [-0.2, -0.15) is 0 Å². The van der Waals surface area contributed by atoms with Crippen molar-refractivity contribution < 1.29 is 9.59 Å². The van der Waals surface area contributed by atoms with Crippen LogP contribution in [0.25, 0.3) is 0 Å². The highest BCUT2D eigenvalue weighted by Crippen LogP contribution is 2.41. The Labute approximate surface area is 111 Å². The Kier molecular flexibility index (Phi) is 2.78. The number of carbonyl (C=O) groups excluding carboxylic acids is 2. The predicted octanol–water partition coefficient (Wildman–Crippen LogP) is 2.59. The van der Waals surface area contributed by atoms with Gasteiger partial charge in [-0.05, 0) is 28.8 Å². The minimum Gasteiger partial charge on any atom is -0.274 e. The van der Waals surface area contributed by atoms with Crippen LogP contribution >= 0.6 is 27.3 Å². The first-order chi connectivity index (χ1) is 8.18. The van der Waals surface area contributed by atoms with Crippen molar-refractivity contribution in [3.8, 4) is 0 Å². The number of aromatic nitrogens is 1. The molecule has 0 N–H and O–H groups in total. The molecule has 90 valence electrons. The number of thiazole rings is 1. The SMILES string of the molecule is O=C1C2CCCCC2C(=O)N1c1ncc(Br)s1. The van der Waals surface area contributed by atoms with Gasteiger partial charge in [-0.3, -0.25) is 9.59 Å². The third-order valence-electron chi connectivity index (χ3n) is 3.50. The van der Waals surface area contributed by atoms with E-state index in [1.807, 2.05) is 0 Å². The number of hydrogen-bond donors (Lipinski definition) is 0. The fourth-order valence-electron chi connectivity index (χ4n) is 2.70. The number of carbonyl (C=O) groups is 2. The van der Waals surface area contributed by atoms with Gasteiger partial charge in [-0.1, -0.05) is 24.2 Å². The fourth-order valence-corrected chi connectivity index (χ4v) is 3.89. The number of nitrogens with zero attached hydrogens (tertiary/aromatic N) is 2. The molecule has 2 aliphatic rings. The summed E-state index contributed by atoms with van der Waals surface area (Å²) in [5, 5.41) is 0.501. The molecule has 1 aliphatic carbocycles. The predicted molar refractivity (Wildman–Crippen MR) is 67.8 cm³/mol. The van der Waals surface area contributed by atoms with Crippen LogP contribution in [-0.4, -0.2) is 16.8 Å². The lowest BCUT2D eigenvalue weighted by Gasteiger charge is -2.19. The minimum atomic E-state index is -0.0982. The molecule has 17 heavy (non-hydrogen) atoms. The highest BCUT2D eigenvalue weighted by molar-refractivity contribution is 9.11. The van der Waals surface area contributed by atoms with Crippen molar-refractivity contribution in [2.45, 2.75) is 25.7 Å². The number of rotatable bonds is 1. The summed E-state index contributed by atoms with van der Waals surface area (Å²) in [7, 11) is 0. The second kappa shape index (κ2) is 4.17. The van der Waals surface area contributed by atoms with Gasteiger partial charge in [0.05, 0.1) is 21.8 Å². The van der Waals surface area contributed by atoms with Gasteiger partial charge in [0.25, 0.3) is 0 Å². The Morgan fingerprint density at radius 2 is 1.82 bits per heavy atom. The summed E-state index contributed by atoms with van der Waals surface area (Å²) in [4.78, 5) is 29.8. The van der Waals surface area contributed by atoms with Crippen LogP contribution in [0.1, 0.15) is 25.7 Å². The van der Waals surface area contributed by atoms with Crippen LogP contribution in [0.2, 0.25) is 0 Å². The Bertz CT molecular complexity index is 464. The average molecular weight is 315 g/mol. The molecular weight excluding hydrogens is 304 g/mol. The highest BCUT2D eigenvalue weighted by Gasteiger charge is 2.49. The maximum atomic E-state index is 12.2. The van der Waals surface area contributed by atoms with Crippen LogP contribution in [0, 0.1) is 11.8 Å². The van der Waals surface area contributed by atoms with Crippen LogP contribution in [0.15, 0.2) is 9.98 Å². The zero-order chi connectivity index (χ0) is 12.0. The molecule has 0 aromatic carbocycles. The molecular formula is C11H11BrN2O2S. The lowest BCUT2D eigenvalue weighted by Crippen LogP contribution is -2.30. The number of hydrogen-bond acceptors (Lipinski definition) is 4. The van der Waals surface area contributed by atoms with Crippen LogP contribution in [0.3, 0.4) is 0 Å². The van der Waals surface area contributed by atoms with Gasteiger partial charge in [0.2, 0.25) is 11.8 Å². The molecule has 1 saturated heterocycles. The third-order valence-corrected chi connectivity index (χ3v) is 4.96. The minimum absolute atomic E-state index is 0.0541. The van der Waals surface area contributed by atoms with Gasteiger partial charge in [0.15, 0.2) is 5.13 Å². The first-order valence-corrected chi connectivity index (χ1v) is 7.28. The zero-order valence-electron chi connectivity index (χ0n) is 9.06. The summed E-state index contributed by atoms with van der Waals surface area (Å²) in [5.41, 5.74) is 0. The molecule has 4 nitrogen and oxygen atoms in total. The van der Waals surface area contributed by atoms with E-state index in [2.05, 4.69) is 20.9 Å². The van der Waals surface area contributed by atoms with Crippen LogP contribution in [-0.2, 0) is 9.59 Å². The first kappa shape index (κ1) is 11.3. The van der Waals surface area contributed by atoms with Gasteiger partial charge in [-0.15, -0.1) is 0 Å². The monoisotopic (exact) mass is 314 g/mol. The summed E-state index contributed by atoms with van der Waals surface area (Å²) in [6, 6.07) is 0. The van der Waals surface area contributed by atoms with Gasteiger partial charge in [0, 0.05) is 0 Å². The van der Waals surface area contributed by atoms with Crippen LogP contribution in [0.4, 0.5) is 5.13 Å². The number of anilines is 1. The third kappa shape index (κ3) is 1.74. The zero-order valence-corrected chi connectivity index (χ0v) is 11.5. The van der Waals surface area contributed by atoms with Gasteiger partial charge in [0.1, 0.15) is 0 Å². The second-order valence-electron chi connectivity index (χ2n) is 4.46. The molecule has 3 rings (SSSR count). The van der Waals surface area contributed by atoms with Gasteiger partial charge in [-0.25, -0.2) is 9.88 Å². The number of fused-ring (bicyclic) bond motifs is 1. The van der Waals surface area contributed by atoms with Crippen molar-refractivity contribution in [2.75, 3.05) is 4.90 Å². The van der Waals surface area contributed by atoms with Gasteiger partial charge >= 0.3 is 0 Å². The molecule has 2 atom stereocenters. The number of halogens is 1. The smallest absolute Gasteiger partial charge is 0.239 e. The lowest BCUT2D eigenvalue weighted by molar-refractivity contribution is -0.122. The normalized spacial score (nSPS) is 28.6. The van der Waals surface area contributed by atoms with Crippen molar-refractivity contribution >= 4 is 44.2 Å². The van der Waals surface area contributed by atoms with Crippen LogP contribution in [0.5, 0.6) is 0 Å². The van der Waals surface area contributed by atoms with Gasteiger partial charge < -0.3 is 0 Å². The molecule has 0 bridgehead atoms. The van der Waals surface area contributed by atoms with E-state index in [1.165, 1.54) is 16.2 Å². The summed E-state index contributed by atoms with van der Waals surface area (Å²) < 4.78 is 0.836. The largest absolute Gasteiger partial charge is 0.274 e.